The van der Waals surface area contributed by atoms with Crippen LogP contribution in [0.15, 0.2) is 33.7 Å². The molecule has 0 radical (unpaired) electrons. The minimum atomic E-state index is -3.55. The van der Waals surface area contributed by atoms with Crippen LogP contribution in [-0.2, 0) is 10.0 Å². The van der Waals surface area contributed by atoms with Gasteiger partial charge in [-0.3, -0.25) is 0 Å². The van der Waals surface area contributed by atoms with Gasteiger partial charge in [-0.15, -0.1) is 0 Å². The Kier molecular flexibility index (Phi) is 5.36. The lowest BCUT2D eigenvalue weighted by Crippen LogP contribution is -2.40. The topological polar surface area (TPSA) is 72.6 Å². The number of ether oxygens (including phenoxy) is 1. The van der Waals surface area contributed by atoms with Crippen molar-refractivity contribution in [1.29, 1.82) is 0 Å². The Balaban J connectivity index is 1.57. The van der Waals surface area contributed by atoms with Gasteiger partial charge in [0.15, 0.2) is 5.76 Å². The monoisotopic (exact) mass is 384 g/mol. The molecule has 2 heterocycles. The van der Waals surface area contributed by atoms with Crippen LogP contribution in [0.1, 0.15) is 24.3 Å². The molecule has 6 nitrogen and oxygen atoms in total. The average Bonchev–Trinajstić information content (AvgIpc) is 2.94. The SMILES string of the molecule is Cc1noc(C)c1S(=O)(=O)N1CCC(COc2ccc(Cl)cc2)CC1. The number of rotatable bonds is 5. The molecule has 1 aliphatic heterocycles. The van der Waals surface area contributed by atoms with Crippen molar-refractivity contribution >= 4 is 21.6 Å². The summed E-state index contributed by atoms with van der Waals surface area (Å²) < 4.78 is 37.9. The Morgan fingerprint density at radius 3 is 2.44 bits per heavy atom. The molecule has 0 unspecified atom stereocenters. The van der Waals surface area contributed by atoms with Crippen molar-refractivity contribution < 1.29 is 17.7 Å². The second kappa shape index (κ2) is 7.35. The average molecular weight is 385 g/mol. The molecule has 0 N–H and O–H groups in total. The molecule has 1 aromatic heterocycles. The lowest BCUT2D eigenvalue weighted by atomic mass is 9.99. The molecular weight excluding hydrogens is 364 g/mol. The summed E-state index contributed by atoms with van der Waals surface area (Å²) in [5, 5.41) is 4.42. The number of aryl methyl sites for hydroxylation is 2. The van der Waals surface area contributed by atoms with E-state index in [2.05, 4.69) is 5.16 Å². The van der Waals surface area contributed by atoms with Crippen molar-refractivity contribution in [1.82, 2.24) is 9.46 Å². The molecule has 1 saturated heterocycles. The maximum absolute atomic E-state index is 12.8. The van der Waals surface area contributed by atoms with E-state index in [0.717, 1.165) is 18.6 Å². The van der Waals surface area contributed by atoms with Gasteiger partial charge in [0.05, 0.1) is 6.61 Å². The third-order valence-corrected chi connectivity index (χ3v) is 6.83. The van der Waals surface area contributed by atoms with Gasteiger partial charge < -0.3 is 9.26 Å². The summed E-state index contributed by atoms with van der Waals surface area (Å²) in [6.45, 7) is 4.79. The number of aromatic nitrogens is 1. The largest absolute Gasteiger partial charge is 0.493 e. The predicted molar refractivity (Wildman–Crippen MR) is 94.4 cm³/mol. The highest BCUT2D eigenvalue weighted by molar-refractivity contribution is 7.89. The highest BCUT2D eigenvalue weighted by Crippen LogP contribution is 2.28. The van der Waals surface area contributed by atoms with Crippen LogP contribution >= 0.6 is 11.6 Å². The summed E-state index contributed by atoms with van der Waals surface area (Å²) in [6.07, 6.45) is 1.52. The van der Waals surface area contributed by atoms with Gasteiger partial charge in [0.25, 0.3) is 0 Å². The highest BCUT2D eigenvalue weighted by atomic mass is 35.5. The van der Waals surface area contributed by atoms with Gasteiger partial charge in [-0.1, -0.05) is 16.8 Å². The molecule has 3 rings (SSSR count). The number of piperidine rings is 1. The van der Waals surface area contributed by atoms with Crippen LogP contribution in [0, 0.1) is 19.8 Å². The van der Waals surface area contributed by atoms with Gasteiger partial charge >= 0.3 is 0 Å². The van der Waals surface area contributed by atoms with Gasteiger partial charge in [0, 0.05) is 18.1 Å². The molecule has 1 aromatic carbocycles. The molecule has 1 fully saturated rings. The van der Waals surface area contributed by atoms with Crippen molar-refractivity contribution in [2.45, 2.75) is 31.6 Å². The van der Waals surface area contributed by atoms with Gasteiger partial charge in [0.2, 0.25) is 10.0 Å². The quantitative estimate of drug-likeness (QED) is 0.789. The molecule has 0 aliphatic carbocycles. The van der Waals surface area contributed by atoms with Crippen LogP contribution in [0.2, 0.25) is 5.02 Å². The van der Waals surface area contributed by atoms with Crippen LogP contribution in [0.3, 0.4) is 0 Å². The first kappa shape index (κ1) is 18.2. The van der Waals surface area contributed by atoms with E-state index in [1.54, 1.807) is 26.0 Å². The third kappa shape index (κ3) is 3.99. The van der Waals surface area contributed by atoms with Crippen molar-refractivity contribution in [2.24, 2.45) is 5.92 Å². The number of hydrogen-bond acceptors (Lipinski definition) is 5. The number of nitrogens with zero attached hydrogens (tertiary/aromatic N) is 2. The number of sulfonamides is 1. The zero-order chi connectivity index (χ0) is 18.0. The van der Waals surface area contributed by atoms with Gasteiger partial charge in [-0.25, -0.2) is 8.42 Å². The van der Waals surface area contributed by atoms with Crippen LogP contribution in [0.4, 0.5) is 0 Å². The maximum Gasteiger partial charge on any atom is 0.248 e. The Morgan fingerprint density at radius 1 is 1.24 bits per heavy atom. The van der Waals surface area contributed by atoms with Crippen molar-refractivity contribution in [3.8, 4) is 5.75 Å². The molecule has 136 valence electrons. The fourth-order valence-corrected chi connectivity index (χ4v) is 4.92. The molecule has 0 saturated carbocycles. The van der Waals surface area contributed by atoms with E-state index in [-0.39, 0.29) is 4.90 Å². The first-order chi connectivity index (χ1) is 11.9. The van der Waals surface area contributed by atoms with E-state index in [9.17, 15) is 8.42 Å². The Labute approximate surface area is 152 Å². The summed E-state index contributed by atoms with van der Waals surface area (Å²) in [4.78, 5) is 0.198. The molecule has 2 aromatic rings. The lowest BCUT2D eigenvalue weighted by molar-refractivity contribution is 0.185. The van der Waals surface area contributed by atoms with E-state index < -0.39 is 10.0 Å². The van der Waals surface area contributed by atoms with E-state index in [1.807, 2.05) is 12.1 Å². The number of hydrogen-bond donors (Lipinski definition) is 0. The van der Waals surface area contributed by atoms with Crippen LogP contribution < -0.4 is 4.74 Å². The standard InChI is InChI=1S/C17H21ClN2O4S/c1-12-17(13(2)24-19-12)25(21,22)20-9-7-14(8-10-20)11-23-16-5-3-15(18)4-6-16/h3-6,14H,7-11H2,1-2H3. The van der Waals surface area contributed by atoms with Crippen LogP contribution in [0.5, 0.6) is 5.75 Å². The van der Waals surface area contributed by atoms with E-state index in [4.69, 9.17) is 20.9 Å². The molecule has 0 bridgehead atoms. The Morgan fingerprint density at radius 2 is 1.88 bits per heavy atom. The molecular formula is C17H21ClN2O4S. The van der Waals surface area contributed by atoms with Gasteiger partial charge in [-0.2, -0.15) is 4.31 Å². The molecule has 0 amide bonds. The Hall–Kier alpha value is -1.57. The van der Waals surface area contributed by atoms with Crippen molar-refractivity contribution in [3.63, 3.8) is 0 Å². The first-order valence-electron chi connectivity index (χ1n) is 8.19. The summed E-state index contributed by atoms with van der Waals surface area (Å²) >= 11 is 5.85. The second-order valence-corrected chi connectivity index (χ2v) is 8.58. The first-order valence-corrected chi connectivity index (χ1v) is 10.0. The zero-order valence-corrected chi connectivity index (χ0v) is 15.8. The molecule has 1 aliphatic rings. The fourth-order valence-electron chi connectivity index (χ4n) is 3.03. The fraction of sp³-hybridized carbons (Fsp3) is 0.471. The predicted octanol–water partition coefficient (Wildman–Crippen LogP) is 3.42. The normalized spacial score (nSPS) is 16.9. The molecule has 0 atom stereocenters. The highest BCUT2D eigenvalue weighted by Gasteiger charge is 2.33. The summed E-state index contributed by atoms with van der Waals surface area (Å²) in [7, 11) is -3.55. The summed E-state index contributed by atoms with van der Waals surface area (Å²) in [5.74, 6) is 1.44. The molecule has 0 spiro atoms. The Bertz CT molecular complexity index is 805. The van der Waals surface area contributed by atoms with E-state index in [1.165, 1.54) is 4.31 Å². The van der Waals surface area contributed by atoms with Crippen molar-refractivity contribution in [2.75, 3.05) is 19.7 Å². The smallest absolute Gasteiger partial charge is 0.248 e. The van der Waals surface area contributed by atoms with Gasteiger partial charge in [0.1, 0.15) is 16.3 Å². The molecule has 8 heteroatoms. The lowest BCUT2D eigenvalue weighted by Gasteiger charge is -2.31. The summed E-state index contributed by atoms with van der Waals surface area (Å²) in [6, 6.07) is 7.24. The molecule has 25 heavy (non-hydrogen) atoms. The van der Waals surface area contributed by atoms with E-state index in [0.29, 0.717) is 42.1 Å². The third-order valence-electron chi connectivity index (χ3n) is 4.44. The van der Waals surface area contributed by atoms with E-state index >= 15 is 0 Å². The zero-order valence-electron chi connectivity index (χ0n) is 14.2. The number of halogens is 1. The van der Waals surface area contributed by atoms with Gasteiger partial charge in [-0.05, 0) is 56.9 Å². The van der Waals surface area contributed by atoms with Crippen LogP contribution in [-0.4, -0.2) is 37.6 Å². The minimum absolute atomic E-state index is 0.198. The summed E-state index contributed by atoms with van der Waals surface area (Å²) in [5.41, 5.74) is 0.408. The minimum Gasteiger partial charge on any atom is -0.493 e. The van der Waals surface area contributed by atoms with Crippen LogP contribution in [0.25, 0.3) is 0 Å². The van der Waals surface area contributed by atoms with Crippen molar-refractivity contribution in [3.05, 3.63) is 40.7 Å². The maximum atomic E-state index is 12.8. The number of benzene rings is 1. The second-order valence-electron chi connectivity index (χ2n) is 6.27.